The number of aryl methyl sites for hydroxylation is 4. The van der Waals surface area contributed by atoms with Crippen molar-refractivity contribution < 1.29 is 4.57 Å². The van der Waals surface area contributed by atoms with Crippen LogP contribution in [0.15, 0.2) is 91.1 Å². The Morgan fingerprint density at radius 2 is 1.24 bits per heavy atom. The summed E-state index contributed by atoms with van der Waals surface area (Å²) in [5.41, 5.74) is 12.8. The highest BCUT2D eigenvalue weighted by Crippen LogP contribution is 2.45. The van der Waals surface area contributed by atoms with E-state index in [1.165, 1.54) is 0 Å². The monoisotopic (exact) mass is 469 g/mol. The lowest BCUT2D eigenvalue weighted by molar-refractivity contribution is 0.503. The number of nitrogens with zero attached hydrogens (tertiary/aromatic N) is 1. The van der Waals surface area contributed by atoms with Gasteiger partial charge in [-0.25, -0.2) is 0 Å². The summed E-state index contributed by atoms with van der Waals surface area (Å²) in [6, 6.07) is 27.1. The summed E-state index contributed by atoms with van der Waals surface area (Å²) < 4.78 is 15.2. The van der Waals surface area contributed by atoms with Gasteiger partial charge in [-0.05, 0) is 69.7 Å². The molecule has 0 saturated heterocycles. The molecule has 4 rings (SSSR count). The molecule has 0 aliphatic heterocycles. The van der Waals surface area contributed by atoms with Crippen LogP contribution < -0.4 is 21.4 Å². The Balaban J connectivity index is 1.91. The maximum absolute atomic E-state index is 15.2. The van der Waals surface area contributed by atoms with E-state index < -0.39 is 19.4 Å². The van der Waals surface area contributed by atoms with Crippen molar-refractivity contribution in [1.82, 2.24) is 10.1 Å². The molecule has 5 heteroatoms. The lowest BCUT2D eigenvalue weighted by Gasteiger charge is -2.31. The molecule has 0 saturated carbocycles. The van der Waals surface area contributed by atoms with E-state index in [0.29, 0.717) is 0 Å². The molecular formula is C29H32N3OP. The number of aromatic nitrogens is 1. The van der Waals surface area contributed by atoms with E-state index in [4.69, 9.17) is 5.73 Å². The Labute approximate surface area is 202 Å². The molecule has 174 valence electrons. The third-order valence-electron chi connectivity index (χ3n) is 6.01. The van der Waals surface area contributed by atoms with Crippen LogP contribution in [0.3, 0.4) is 0 Å². The molecule has 4 nitrogen and oxygen atoms in total. The topological polar surface area (TPSA) is 68.0 Å². The van der Waals surface area contributed by atoms with Crippen LogP contribution in [0.4, 0.5) is 0 Å². The Morgan fingerprint density at radius 3 is 1.71 bits per heavy atom. The normalized spacial score (nSPS) is 13.4. The molecule has 0 bridgehead atoms. The van der Waals surface area contributed by atoms with Gasteiger partial charge in [-0.2, -0.15) is 0 Å². The van der Waals surface area contributed by atoms with Crippen molar-refractivity contribution in [2.45, 2.75) is 39.8 Å². The second kappa shape index (κ2) is 10.1. The zero-order valence-corrected chi connectivity index (χ0v) is 21.1. The van der Waals surface area contributed by atoms with Gasteiger partial charge in [0, 0.05) is 16.8 Å². The zero-order valence-electron chi connectivity index (χ0n) is 20.2. The number of nitrogens with one attached hydrogen (secondary N) is 1. The van der Waals surface area contributed by atoms with Crippen molar-refractivity contribution in [3.05, 3.63) is 125 Å². The maximum atomic E-state index is 15.2. The van der Waals surface area contributed by atoms with Gasteiger partial charge in [-0.3, -0.25) is 14.6 Å². The van der Waals surface area contributed by atoms with Crippen molar-refractivity contribution in [2.24, 2.45) is 5.73 Å². The zero-order chi connectivity index (χ0) is 24.3. The number of pyridine rings is 1. The SMILES string of the molecule is Cc1cc(C)cc(P(=O)(N[C@H](c2ccccc2)[C@@H](N)c2ccccn2)c2cc(C)cc(C)c2)c1. The molecule has 2 atom stereocenters. The molecule has 3 N–H and O–H groups in total. The summed E-state index contributed by atoms with van der Waals surface area (Å²) in [7, 11) is -3.29. The molecule has 3 aromatic carbocycles. The Bertz CT molecular complexity index is 1230. The minimum atomic E-state index is -3.29. The van der Waals surface area contributed by atoms with Gasteiger partial charge in [-0.15, -0.1) is 0 Å². The first kappa shape index (κ1) is 24.1. The molecule has 1 aromatic heterocycles. The summed E-state index contributed by atoms with van der Waals surface area (Å²) in [6.45, 7) is 8.15. The molecule has 4 aromatic rings. The minimum absolute atomic E-state index is 0.413. The molecule has 0 amide bonds. The van der Waals surface area contributed by atoms with Gasteiger partial charge in [0.05, 0.1) is 17.8 Å². The van der Waals surface area contributed by atoms with Gasteiger partial charge in [0.2, 0.25) is 7.29 Å². The second-order valence-corrected chi connectivity index (χ2v) is 11.6. The van der Waals surface area contributed by atoms with E-state index in [2.05, 4.69) is 22.2 Å². The fraction of sp³-hybridized carbons (Fsp3) is 0.207. The van der Waals surface area contributed by atoms with E-state index in [-0.39, 0.29) is 0 Å². The number of benzene rings is 3. The van der Waals surface area contributed by atoms with E-state index in [0.717, 1.165) is 44.1 Å². The number of hydrogen-bond donors (Lipinski definition) is 2. The van der Waals surface area contributed by atoms with Gasteiger partial charge < -0.3 is 5.73 Å². The summed E-state index contributed by atoms with van der Waals surface area (Å²) in [5.74, 6) is 0. The molecule has 0 unspecified atom stereocenters. The second-order valence-electron chi connectivity index (χ2n) is 9.10. The molecule has 1 heterocycles. The maximum Gasteiger partial charge on any atom is 0.205 e. The van der Waals surface area contributed by atoms with Gasteiger partial charge >= 0.3 is 0 Å². The van der Waals surface area contributed by atoms with Crippen LogP contribution in [0.2, 0.25) is 0 Å². The van der Waals surface area contributed by atoms with Crippen molar-refractivity contribution >= 4 is 17.9 Å². The number of rotatable bonds is 7. The Morgan fingerprint density at radius 1 is 0.735 bits per heavy atom. The first-order valence-corrected chi connectivity index (χ1v) is 13.2. The van der Waals surface area contributed by atoms with Crippen LogP contribution in [-0.2, 0) is 4.57 Å². The number of nitrogens with two attached hydrogens (primary N) is 1. The molecule has 0 fully saturated rings. The van der Waals surface area contributed by atoms with Crippen LogP contribution >= 0.6 is 7.29 Å². The fourth-order valence-corrected chi connectivity index (χ4v) is 7.36. The number of hydrogen-bond acceptors (Lipinski definition) is 3. The largest absolute Gasteiger partial charge is 0.321 e. The molecular weight excluding hydrogens is 437 g/mol. The average Bonchev–Trinajstić information content (AvgIpc) is 2.82. The summed E-state index contributed by atoms with van der Waals surface area (Å²) in [6.07, 6.45) is 1.74. The van der Waals surface area contributed by atoms with Crippen molar-refractivity contribution in [2.75, 3.05) is 0 Å². The summed E-state index contributed by atoms with van der Waals surface area (Å²) in [4.78, 5) is 4.50. The molecule has 0 radical (unpaired) electrons. The van der Waals surface area contributed by atoms with E-state index >= 15 is 4.57 Å². The molecule has 34 heavy (non-hydrogen) atoms. The lowest BCUT2D eigenvalue weighted by Crippen LogP contribution is -2.36. The van der Waals surface area contributed by atoms with Gasteiger partial charge in [0.25, 0.3) is 0 Å². The van der Waals surface area contributed by atoms with Crippen LogP contribution in [0.1, 0.15) is 45.6 Å². The molecule has 0 aliphatic rings. The summed E-state index contributed by atoms with van der Waals surface area (Å²) in [5, 5.41) is 5.14. The smallest absolute Gasteiger partial charge is 0.205 e. The first-order chi connectivity index (χ1) is 16.3. The Kier molecular flexibility index (Phi) is 7.13. The molecule has 0 aliphatic carbocycles. The highest BCUT2D eigenvalue weighted by atomic mass is 31.2. The highest BCUT2D eigenvalue weighted by molar-refractivity contribution is 7.77. The third-order valence-corrected chi connectivity index (χ3v) is 8.62. The third kappa shape index (κ3) is 5.20. The molecule has 0 spiro atoms. The van der Waals surface area contributed by atoms with Gasteiger partial charge in [0.15, 0.2) is 0 Å². The van der Waals surface area contributed by atoms with Crippen molar-refractivity contribution in [1.29, 1.82) is 0 Å². The van der Waals surface area contributed by atoms with Gasteiger partial charge in [-0.1, -0.05) is 70.8 Å². The summed E-state index contributed by atoms with van der Waals surface area (Å²) >= 11 is 0. The van der Waals surface area contributed by atoms with Crippen LogP contribution in [0.25, 0.3) is 0 Å². The van der Waals surface area contributed by atoms with E-state index in [1.807, 2.05) is 100 Å². The van der Waals surface area contributed by atoms with Crippen LogP contribution in [-0.4, -0.2) is 4.98 Å². The van der Waals surface area contributed by atoms with Crippen LogP contribution in [0.5, 0.6) is 0 Å². The predicted octanol–water partition coefficient (Wildman–Crippen LogP) is 5.58. The average molecular weight is 470 g/mol. The van der Waals surface area contributed by atoms with Crippen LogP contribution in [0, 0.1) is 27.7 Å². The Hall–Kier alpha value is -3.04. The first-order valence-electron chi connectivity index (χ1n) is 11.5. The van der Waals surface area contributed by atoms with E-state index in [9.17, 15) is 0 Å². The quantitative estimate of drug-likeness (QED) is 0.347. The lowest BCUT2D eigenvalue weighted by atomic mass is 9.98. The fourth-order valence-electron chi connectivity index (χ4n) is 4.53. The standard InChI is InChI=1S/C29H32N3OP/c1-20-14-21(2)17-25(16-20)34(33,26-18-22(3)15-23(4)19-26)32-29(24-10-6-5-7-11-24)28(30)27-12-8-9-13-31-27/h5-19,28-29H,30H2,1-4H3,(H,32,33)/t28-,29+/m0/s1. The highest BCUT2D eigenvalue weighted by Gasteiger charge is 2.35. The minimum Gasteiger partial charge on any atom is -0.321 e. The van der Waals surface area contributed by atoms with Gasteiger partial charge in [0.1, 0.15) is 0 Å². The van der Waals surface area contributed by atoms with Crippen molar-refractivity contribution in [3.8, 4) is 0 Å². The van der Waals surface area contributed by atoms with E-state index in [1.54, 1.807) is 6.20 Å². The predicted molar refractivity (Wildman–Crippen MR) is 142 cm³/mol. The van der Waals surface area contributed by atoms with Crippen molar-refractivity contribution in [3.63, 3.8) is 0 Å².